The van der Waals surface area contributed by atoms with Crippen LogP contribution >= 0.6 is 11.6 Å². The molecule has 2 aromatic carbocycles. The molecule has 0 bridgehead atoms. The second kappa shape index (κ2) is 7.11. The number of primary amides is 1. The number of methoxy groups -OCH3 is 1. The first-order chi connectivity index (χ1) is 10.9. The highest BCUT2D eigenvalue weighted by molar-refractivity contribution is 6.31. The third kappa shape index (κ3) is 3.98. The summed E-state index contributed by atoms with van der Waals surface area (Å²) in [6, 6.07) is 9.29. The van der Waals surface area contributed by atoms with E-state index in [0.717, 1.165) is 12.1 Å². The van der Waals surface area contributed by atoms with Crippen LogP contribution in [-0.2, 0) is 9.53 Å². The van der Waals surface area contributed by atoms with Gasteiger partial charge in [0, 0.05) is 10.6 Å². The fourth-order valence-corrected chi connectivity index (χ4v) is 2.11. The predicted molar refractivity (Wildman–Crippen MR) is 81.8 cm³/mol. The summed E-state index contributed by atoms with van der Waals surface area (Å²) in [5.41, 5.74) is 5.57. The largest absolute Gasteiger partial charge is 0.496 e. The summed E-state index contributed by atoms with van der Waals surface area (Å²) in [6.45, 7) is 0. The van der Waals surface area contributed by atoms with Crippen LogP contribution in [0.2, 0.25) is 5.02 Å². The molecule has 1 atom stereocenters. The minimum atomic E-state index is -1.35. The average molecular weight is 338 g/mol. The highest BCUT2D eigenvalue weighted by Crippen LogP contribution is 2.26. The van der Waals surface area contributed by atoms with Gasteiger partial charge in [0.25, 0.3) is 5.91 Å². The SMILES string of the molecule is COc1ccc(Cl)cc1C(=O)O[C@H](C(N)=O)c1ccc(F)cc1. The molecule has 1 amide bonds. The van der Waals surface area contributed by atoms with E-state index in [2.05, 4.69) is 0 Å². The van der Waals surface area contributed by atoms with E-state index >= 15 is 0 Å². The first kappa shape index (κ1) is 16.8. The summed E-state index contributed by atoms with van der Waals surface area (Å²) in [5.74, 6) is -1.97. The van der Waals surface area contributed by atoms with E-state index in [1.807, 2.05) is 0 Å². The molecule has 2 N–H and O–H groups in total. The van der Waals surface area contributed by atoms with E-state index in [-0.39, 0.29) is 16.9 Å². The number of rotatable bonds is 5. The summed E-state index contributed by atoms with van der Waals surface area (Å²) >= 11 is 5.85. The number of nitrogens with two attached hydrogens (primary N) is 1. The van der Waals surface area contributed by atoms with Crippen molar-refractivity contribution in [3.63, 3.8) is 0 Å². The average Bonchev–Trinajstić information content (AvgIpc) is 2.53. The molecular weight excluding hydrogens is 325 g/mol. The lowest BCUT2D eigenvalue weighted by Crippen LogP contribution is -2.26. The zero-order valence-electron chi connectivity index (χ0n) is 12.1. The molecule has 0 saturated heterocycles. The van der Waals surface area contributed by atoms with Gasteiger partial charge in [-0.2, -0.15) is 0 Å². The molecule has 0 aliphatic heterocycles. The third-order valence-corrected chi connectivity index (χ3v) is 3.27. The molecule has 0 aliphatic carbocycles. The van der Waals surface area contributed by atoms with Crippen LogP contribution in [0.15, 0.2) is 42.5 Å². The molecule has 120 valence electrons. The molecular formula is C16H13ClFNO4. The van der Waals surface area contributed by atoms with E-state index in [1.165, 1.54) is 31.4 Å². The number of hydrogen-bond acceptors (Lipinski definition) is 4. The van der Waals surface area contributed by atoms with Crippen molar-refractivity contribution in [2.45, 2.75) is 6.10 Å². The molecule has 0 heterocycles. The fraction of sp³-hybridized carbons (Fsp3) is 0.125. The van der Waals surface area contributed by atoms with Crippen LogP contribution in [0.1, 0.15) is 22.0 Å². The Bertz CT molecular complexity index is 733. The Kier molecular flexibility index (Phi) is 5.18. The number of carbonyl (C=O) groups excluding carboxylic acids is 2. The Morgan fingerprint density at radius 1 is 1.17 bits per heavy atom. The quantitative estimate of drug-likeness (QED) is 0.851. The molecule has 2 rings (SSSR count). The van der Waals surface area contributed by atoms with Crippen molar-refractivity contribution in [3.8, 4) is 5.75 Å². The smallest absolute Gasteiger partial charge is 0.343 e. The van der Waals surface area contributed by atoms with Crippen molar-refractivity contribution in [2.24, 2.45) is 5.73 Å². The van der Waals surface area contributed by atoms with Gasteiger partial charge in [-0.25, -0.2) is 9.18 Å². The highest BCUT2D eigenvalue weighted by Gasteiger charge is 2.25. The minimum absolute atomic E-state index is 0.0494. The molecule has 0 aliphatic rings. The summed E-state index contributed by atoms with van der Waals surface area (Å²) in [5, 5.41) is 0.301. The van der Waals surface area contributed by atoms with Gasteiger partial charge in [-0.05, 0) is 30.3 Å². The van der Waals surface area contributed by atoms with E-state index < -0.39 is 23.8 Å². The first-order valence-corrected chi connectivity index (χ1v) is 6.89. The maximum atomic E-state index is 13.0. The topological polar surface area (TPSA) is 78.6 Å². The van der Waals surface area contributed by atoms with Crippen LogP contribution in [0.25, 0.3) is 0 Å². The zero-order valence-corrected chi connectivity index (χ0v) is 12.8. The molecule has 23 heavy (non-hydrogen) atoms. The number of carbonyl (C=O) groups is 2. The van der Waals surface area contributed by atoms with Crippen molar-refractivity contribution < 1.29 is 23.5 Å². The van der Waals surface area contributed by atoms with Crippen molar-refractivity contribution in [1.82, 2.24) is 0 Å². The summed E-state index contributed by atoms with van der Waals surface area (Å²) in [6.07, 6.45) is -1.35. The van der Waals surface area contributed by atoms with Gasteiger partial charge >= 0.3 is 5.97 Å². The minimum Gasteiger partial charge on any atom is -0.496 e. The summed E-state index contributed by atoms with van der Waals surface area (Å²) < 4.78 is 23.2. The Labute approximate surface area is 136 Å². The maximum absolute atomic E-state index is 13.0. The van der Waals surface area contributed by atoms with Crippen molar-refractivity contribution in [3.05, 3.63) is 64.4 Å². The molecule has 0 saturated carbocycles. The zero-order chi connectivity index (χ0) is 17.0. The maximum Gasteiger partial charge on any atom is 0.343 e. The van der Waals surface area contributed by atoms with Gasteiger partial charge in [-0.1, -0.05) is 23.7 Å². The Morgan fingerprint density at radius 3 is 2.39 bits per heavy atom. The van der Waals surface area contributed by atoms with Gasteiger partial charge in [0.05, 0.1) is 7.11 Å². The van der Waals surface area contributed by atoms with Crippen LogP contribution < -0.4 is 10.5 Å². The Balaban J connectivity index is 2.30. The lowest BCUT2D eigenvalue weighted by molar-refractivity contribution is -0.127. The summed E-state index contributed by atoms with van der Waals surface area (Å²) in [4.78, 5) is 23.9. The van der Waals surface area contributed by atoms with Gasteiger partial charge < -0.3 is 15.2 Å². The second-order valence-corrected chi connectivity index (χ2v) is 5.02. The Hall–Kier alpha value is -2.60. The van der Waals surface area contributed by atoms with E-state index in [1.54, 1.807) is 6.07 Å². The number of halogens is 2. The van der Waals surface area contributed by atoms with Crippen LogP contribution in [0.3, 0.4) is 0 Å². The normalized spacial score (nSPS) is 11.6. The highest BCUT2D eigenvalue weighted by atomic mass is 35.5. The molecule has 0 radical (unpaired) electrons. The molecule has 0 unspecified atom stereocenters. The van der Waals surface area contributed by atoms with E-state index in [0.29, 0.717) is 5.02 Å². The number of ether oxygens (including phenoxy) is 2. The lowest BCUT2D eigenvalue weighted by Gasteiger charge is -2.16. The van der Waals surface area contributed by atoms with Gasteiger partial charge in [0.15, 0.2) is 0 Å². The predicted octanol–water partition coefficient (Wildman–Crippen LogP) is 2.87. The molecule has 0 spiro atoms. The molecule has 7 heteroatoms. The number of hydrogen-bond donors (Lipinski definition) is 1. The van der Waals surface area contributed by atoms with Gasteiger partial charge in [-0.15, -0.1) is 0 Å². The fourth-order valence-electron chi connectivity index (χ4n) is 1.94. The first-order valence-electron chi connectivity index (χ1n) is 6.51. The van der Waals surface area contributed by atoms with E-state index in [9.17, 15) is 14.0 Å². The number of amides is 1. The monoisotopic (exact) mass is 337 g/mol. The second-order valence-electron chi connectivity index (χ2n) is 4.58. The number of esters is 1. The van der Waals surface area contributed by atoms with Crippen molar-refractivity contribution in [1.29, 1.82) is 0 Å². The number of benzene rings is 2. The standard InChI is InChI=1S/C16H13ClFNO4/c1-22-13-7-4-10(17)8-12(13)16(21)23-14(15(19)20)9-2-5-11(18)6-3-9/h2-8,14H,1H3,(H2,19,20)/t14-/m0/s1. The van der Waals surface area contributed by atoms with Gasteiger partial charge in [0.1, 0.15) is 17.1 Å². The lowest BCUT2D eigenvalue weighted by atomic mass is 10.1. The molecule has 2 aromatic rings. The van der Waals surface area contributed by atoms with Crippen molar-refractivity contribution in [2.75, 3.05) is 7.11 Å². The molecule has 0 aromatic heterocycles. The molecule has 0 fully saturated rings. The van der Waals surface area contributed by atoms with Gasteiger partial charge in [-0.3, -0.25) is 4.79 Å². The van der Waals surface area contributed by atoms with E-state index in [4.69, 9.17) is 26.8 Å². The van der Waals surface area contributed by atoms with Crippen LogP contribution in [0, 0.1) is 5.82 Å². The molecule has 5 nitrogen and oxygen atoms in total. The van der Waals surface area contributed by atoms with Crippen LogP contribution in [0.4, 0.5) is 4.39 Å². The Morgan fingerprint density at radius 2 is 1.83 bits per heavy atom. The summed E-state index contributed by atoms with van der Waals surface area (Å²) in [7, 11) is 1.38. The third-order valence-electron chi connectivity index (χ3n) is 3.04. The van der Waals surface area contributed by atoms with Crippen LogP contribution in [0.5, 0.6) is 5.75 Å². The van der Waals surface area contributed by atoms with Crippen molar-refractivity contribution >= 4 is 23.5 Å². The van der Waals surface area contributed by atoms with Crippen LogP contribution in [-0.4, -0.2) is 19.0 Å². The van der Waals surface area contributed by atoms with Gasteiger partial charge in [0.2, 0.25) is 6.10 Å².